The zero-order valence-electron chi connectivity index (χ0n) is 13.0. The summed E-state index contributed by atoms with van der Waals surface area (Å²) < 4.78 is 24.3. The molecule has 0 saturated heterocycles. The van der Waals surface area contributed by atoms with Crippen molar-refractivity contribution in [1.82, 2.24) is 0 Å². The van der Waals surface area contributed by atoms with E-state index in [9.17, 15) is 9.18 Å². The van der Waals surface area contributed by atoms with Crippen molar-refractivity contribution in [3.05, 3.63) is 52.8 Å². The molecule has 0 heterocycles. The SMILES string of the molecule is COc1cc(C(=O)Nc2ccc(C)cc2F)cc(OC)c1C. The van der Waals surface area contributed by atoms with Crippen molar-refractivity contribution in [2.24, 2.45) is 0 Å². The predicted molar refractivity (Wildman–Crippen MR) is 83.4 cm³/mol. The van der Waals surface area contributed by atoms with Crippen LogP contribution in [-0.2, 0) is 0 Å². The summed E-state index contributed by atoms with van der Waals surface area (Å²) >= 11 is 0. The van der Waals surface area contributed by atoms with Gasteiger partial charge in [-0.3, -0.25) is 4.79 Å². The number of aryl methyl sites for hydroxylation is 1. The van der Waals surface area contributed by atoms with Crippen LogP contribution in [0.1, 0.15) is 21.5 Å². The summed E-state index contributed by atoms with van der Waals surface area (Å²) in [7, 11) is 3.03. The summed E-state index contributed by atoms with van der Waals surface area (Å²) in [5.74, 6) is 0.168. The molecule has 0 aliphatic heterocycles. The molecule has 0 aromatic heterocycles. The van der Waals surface area contributed by atoms with Crippen LogP contribution in [0.15, 0.2) is 30.3 Å². The Morgan fingerprint density at radius 1 is 1.05 bits per heavy atom. The molecule has 2 rings (SSSR count). The molecule has 0 saturated carbocycles. The average Bonchev–Trinajstić information content (AvgIpc) is 2.50. The molecule has 2 aromatic carbocycles. The van der Waals surface area contributed by atoms with E-state index in [1.54, 1.807) is 25.1 Å². The lowest BCUT2D eigenvalue weighted by Gasteiger charge is -2.13. The lowest BCUT2D eigenvalue weighted by Crippen LogP contribution is -2.13. The second-order valence-electron chi connectivity index (χ2n) is 4.94. The van der Waals surface area contributed by atoms with Crippen LogP contribution in [0.3, 0.4) is 0 Å². The van der Waals surface area contributed by atoms with Gasteiger partial charge in [-0.2, -0.15) is 0 Å². The Morgan fingerprint density at radius 2 is 1.64 bits per heavy atom. The fraction of sp³-hybridized carbons (Fsp3) is 0.235. The Kier molecular flexibility index (Phi) is 4.65. The highest BCUT2D eigenvalue weighted by Crippen LogP contribution is 2.30. The van der Waals surface area contributed by atoms with Crippen LogP contribution >= 0.6 is 0 Å². The number of anilines is 1. The minimum absolute atomic E-state index is 0.133. The zero-order valence-corrected chi connectivity index (χ0v) is 13.0. The Bertz CT molecular complexity index is 688. The van der Waals surface area contributed by atoms with Crippen molar-refractivity contribution in [2.75, 3.05) is 19.5 Å². The molecule has 2 aromatic rings. The number of carbonyl (C=O) groups is 1. The van der Waals surface area contributed by atoms with Gasteiger partial charge in [0.05, 0.1) is 19.9 Å². The second-order valence-corrected chi connectivity index (χ2v) is 4.94. The number of hydrogen-bond donors (Lipinski definition) is 1. The third-order valence-electron chi connectivity index (χ3n) is 3.39. The van der Waals surface area contributed by atoms with Crippen LogP contribution in [0.4, 0.5) is 10.1 Å². The first kappa shape index (κ1) is 15.8. The zero-order chi connectivity index (χ0) is 16.3. The number of methoxy groups -OCH3 is 2. The van der Waals surface area contributed by atoms with Gasteiger partial charge in [0.25, 0.3) is 5.91 Å². The van der Waals surface area contributed by atoms with E-state index in [2.05, 4.69) is 5.32 Å². The van der Waals surface area contributed by atoms with Gasteiger partial charge in [0.15, 0.2) is 0 Å². The monoisotopic (exact) mass is 303 g/mol. The van der Waals surface area contributed by atoms with Crippen LogP contribution in [0, 0.1) is 19.7 Å². The lowest BCUT2D eigenvalue weighted by molar-refractivity contribution is 0.102. The van der Waals surface area contributed by atoms with Gasteiger partial charge in [-0.05, 0) is 43.7 Å². The summed E-state index contributed by atoms with van der Waals surface area (Å²) in [6, 6.07) is 7.82. The third-order valence-corrected chi connectivity index (χ3v) is 3.39. The first-order valence-corrected chi connectivity index (χ1v) is 6.76. The predicted octanol–water partition coefficient (Wildman–Crippen LogP) is 3.71. The van der Waals surface area contributed by atoms with E-state index < -0.39 is 11.7 Å². The maximum Gasteiger partial charge on any atom is 0.256 e. The largest absolute Gasteiger partial charge is 0.496 e. The van der Waals surface area contributed by atoms with Gasteiger partial charge in [-0.15, -0.1) is 0 Å². The van der Waals surface area contributed by atoms with Gasteiger partial charge >= 0.3 is 0 Å². The van der Waals surface area contributed by atoms with E-state index in [4.69, 9.17) is 9.47 Å². The summed E-state index contributed by atoms with van der Waals surface area (Å²) in [5, 5.41) is 2.55. The van der Waals surface area contributed by atoms with E-state index in [-0.39, 0.29) is 5.69 Å². The van der Waals surface area contributed by atoms with E-state index in [1.807, 2.05) is 6.92 Å². The summed E-state index contributed by atoms with van der Waals surface area (Å²) in [5.41, 5.74) is 2.05. The molecule has 5 heteroatoms. The molecule has 4 nitrogen and oxygen atoms in total. The quantitative estimate of drug-likeness (QED) is 0.936. The number of halogens is 1. The number of benzene rings is 2. The van der Waals surface area contributed by atoms with Crippen molar-refractivity contribution in [2.45, 2.75) is 13.8 Å². The number of nitrogens with one attached hydrogen (secondary N) is 1. The molecule has 0 atom stereocenters. The molecule has 1 N–H and O–H groups in total. The molecule has 0 spiro atoms. The van der Waals surface area contributed by atoms with E-state index in [1.165, 1.54) is 26.4 Å². The molecule has 116 valence electrons. The molecule has 0 aliphatic rings. The van der Waals surface area contributed by atoms with Gasteiger partial charge in [0.2, 0.25) is 0 Å². The average molecular weight is 303 g/mol. The highest BCUT2D eigenvalue weighted by Gasteiger charge is 2.15. The Morgan fingerprint density at radius 3 is 2.14 bits per heavy atom. The van der Waals surface area contributed by atoms with Crippen molar-refractivity contribution in [3.63, 3.8) is 0 Å². The van der Waals surface area contributed by atoms with Crippen LogP contribution < -0.4 is 14.8 Å². The number of ether oxygens (including phenoxy) is 2. The standard InChI is InChI=1S/C17H18FNO3/c1-10-5-6-14(13(18)7-10)19-17(20)12-8-15(21-3)11(2)16(9-12)22-4/h5-9H,1-4H3,(H,19,20). The highest BCUT2D eigenvalue weighted by molar-refractivity contribution is 6.05. The minimum atomic E-state index is -0.473. The normalized spacial score (nSPS) is 10.2. The number of carbonyl (C=O) groups excluding carboxylic acids is 1. The Balaban J connectivity index is 2.33. The van der Waals surface area contributed by atoms with Crippen molar-refractivity contribution < 1.29 is 18.7 Å². The van der Waals surface area contributed by atoms with Gasteiger partial charge in [0, 0.05) is 11.1 Å². The first-order valence-electron chi connectivity index (χ1n) is 6.76. The first-order chi connectivity index (χ1) is 10.5. The molecule has 0 bridgehead atoms. The molecule has 0 fully saturated rings. The van der Waals surface area contributed by atoms with Crippen LogP contribution in [0.25, 0.3) is 0 Å². The highest BCUT2D eigenvalue weighted by atomic mass is 19.1. The summed E-state index contributed by atoms with van der Waals surface area (Å²) in [6.45, 7) is 3.61. The number of amides is 1. The molecule has 22 heavy (non-hydrogen) atoms. The number of hydrogen-bond acceptors (Lipinski definition) is 3. The van der Waals surface area contributed by atoms with E-state index >= 15 is 0 Å². The molecule has 1 amide bonds. The van der Waals surface area contributed by atoms with Crippen LogP contribution in [-0.4, -0.2) is 20.1 Å². The fourth-order valence-electron chi connectivity index (χ4n) is 2.13. The van der Waals surface area contributed by atoms with Crippen molar-refractivity contribution in [1.29, 1.82) is 0 Å². The third kappa shape index (κ3) is 3.19. The van der Waals surface area contributed by atoms with Crippen LogP contribution in [0.5, 0.6) is 11.5 Å². The van der Waals surface area contributed by atoms with Crippen molar-refractivity contribution in [3.8, 4) is 11.5 Å². The fourth-order valence-corrected chi connectivity index (χ4v) is 2.13. The maximum atomic E-state index is 13.8. The molecule has 0 aliphatic carbocycles. The number of rotatable bonds is 4. The molecule has 0 unspecified atom stereocenters. The topological polar surface area (TPSA) is 47.6 Å². The second kappa shape index (κ2) is 6.47. The van der Waals surface area contributed by atoms with Gasteiger partial charge in [-0.1, -0.05) is 6.07 Å². The van der Waals surface area contributed by atoms with E-state index in [0.29, 0.717) is 17.1 Å². The van der Waals surface area contributed by atoms with Gasteiger partial charge in [0.1, 0.15) is 17.3 Å². The maximum absolute atomic E-state index is 13.8. The molecular weight excluding hydrogens is 285 g/mol. The Hall–Kier alpha value is -2.56. The molecular formula is C17H18FNO3. The summed E-state index contributed by atoms with van der Waals surface area (Å²) in [6.07, 6.45) is 0. The minimum Gasteiger partial charge on any atom is -0.496 e. The van der Waals surface area contributed by atoms with E-state index in [0.717, 1.165) is 11.1 Å². The van der Waals surface area contributed by atoms with Crippen LogP contribution in [0.2, 0.25) is 0 Å². The lowest BCUT2D eigenvalue weighted by atomic mass is 10.1. The molecule has 0 radical (unpaired) electrons. The smallest absolute Gasteiger partial charge is 0.256 e. The van der Waals surface area contributed by atoms with Crippen molar-refractivity contribution >= 4 is 11.6 Å². The summed E-state index contributed by atoms with van der Waals surface area (Å²) in [4.78, 5) is 12.3. The Labute approximate surface area is 128 Å². The van der Waals surface area contributed by atoms with Gasteiger partial charge < -0.3 is 14.8 Å². The van der Waals surface area contributed by atoms with Gasteiger partial charge in [-0.25, -0.2) is 4.39 Å².